The van der Waals surface area contributed by atoms with Crippen LogP contribution in [0.1, 0.15) is 20.8 Å². The molecule has 0 saturated carbocycles. The predicted molar refractivity (Wildman–Crippen MR) is 55.2 cm³/mol. The van der Waals surface area contributed by atoms with Crippen molar-refractivity contribution in [2.75, 3.05) is 0 Å². The molecule has 0 aromatic rings. The van der Waals surface area contributed by atoms with Gasteiger partial charge in [0.2, 0.25) is 0 Å². The van der Waals surface area contributed by atoms with Crippen LogP contribution in [0, 0.1) is 0 Å². The van der Waals surface area contributed by atoms with Gasteiger partial charge in [-0.1, -0.05) is 20.8 Å². The van der Waals surface area contributed by atoms with Gasteiger partial charge in [-0.15, -0.1) is 0 Å². The van der Waals surface area contributed by atoms with Gasteiger partial charge in [0.25, 0.3) is 0 Å². The van der Waals surface area contributed by atoms with Crippen LogP contribution in [0.4, 0.5) is 0 Å². The van der Waals surface area contributed by atoms with Gasteiger partial charge in [0.05, 0.1) is 0 Å². The molecule has 0 spiro atoms. The van der Waals surface area contributed by atoms with Gasteiger partial charge in [0.15, 0.2) is 13.6 Å². The van der Waals surface area contributed by atoms with Crippen LogP contribution in [-0.4, -0.2) is 14.9 Å². The lowest BCUT2D eigenvalue weighted by Gasteiger charge is -2.28. The molecule has 2 unspecified atom stereocenters. The Morgan fingerprint density at radius 3 is 1.91 bits per heavy atom. The fraction of sp³-hybridized carbons (Fsp3) is 1.00. The van der Waals surface area contributed by atoms with E-state index in [1.807, 2.05) is 0 Å². The van der Waals surface area contributed by atoms with Crippen LogP contribution in [0.25, 0.3) is 0 Å². The summed E-state index contributed by atoms with van der Waals surface area (Å²) in [6, 6.07) is 0. The van der Waals surface area contributed by atoms with Crippen molar-refractivity contribution in [3.63, 3.8) is 0 Å². The Morgan fingerprint density at radius 2 is 1.82 bits per heavy atom. The lowest BCUT2D eigenvalue weighted by Crippen LogP contribution is -2.14. The van der Waals surface area contributed by atoms with E-state index in [1.54, 1.807) is 20.8 Å². The summed E-state index contributed by atoms with van der Waals surface area (Å²) in [5, 5.41) is -0.514. The van der Waals surface area contributed by atoms with Crippen molar-refractivity contribution >= 4 is 37.3 Å². The van der Waals surface area contributed by atoms with E-state index in [2.05, 4.69) is 11.8 Å². The van der Waals surface area contributed by atoms with E-state index < -0.39 is 18.8 Å². The molecule has 0 radical (unpaired) electrons. The van der Waals surface area contributed by atoms with Gasteiger partial charge in [-0.05, 0) is 23.6 Å². The second-order valence-electron chi connectivity index (χ2n) is 3.05. The molecule has 2 N–H and O–H groups in total. The van der Waals surface area contributed by atoms with E-state index >= 15 is 0 Å². The van der Waals surface area contributed by atoms with Gasteiger partial charge < -0.3 is 9.79 Å². The highest BCUT2D eigenvalue weighted by Gasteiger charge is 2.31. The van der Waals surface area contributed by atoms with E-state index in [-0.39, 0.29) is 0 Å². The molecule has 0 aromatic carbocycles. The summed E-state index contributed by atoms with van der Waals surface area (Å²) in [5.74, 6) is 0. The smallest absolute Gasteiger partial charge is 0.197 e. The number of hydrogen-bond donors (Lipinski definition) is 2. The standard InChI is InChI=1S/C4H12O3P2S2/c1-4(2,3)9(6,11)7-8(5)10/h8H,1-3H3,(H,5,10)(H,6,11). The zero-order chi connectivity index (χ0) is 9.28. The molecule has 0 rings (SSSR count). The van der Waals surface area contributed by atoms with Crippen LogP contribution in [0.5, 0.6) is 0 Å². The van der Waals surface area contributed by atoms with Crippen molar-refractivity contribution in [3.8, 4) is 0 Å². The Morgan fingerprint density at radius 1 is 1.45 bits per heavy atom. The van der Waals surface area contributed by atoms with Crippen molar-refractivity contribution in [3.05, 3.63) is 0 Å². The van der Waals surface area contributed by atoms with Gasteiger partial charge in [0, 0.05) is 5.16 Å². The summed E-state index contributed by atoms with van der Waals surface area (Å²) in [4.78, 5) is 18.3. The first-order valence-electron chi connectivity index (χ1n) is 2.92. The molecule has 7 heteroatoms. The van der Waals surface area contributed by atoms with E-state index in [0.29, 0.717) is 0 Å². The molecule has 68 valence electrons. The molecule has 2 atom stereocenters. The van der Waals surface area contributed by atoms with Crippen LogP contribution in [0.3, 0.4) is 0 Å². The Balaban J connectivity index is 4.49. The van der Waals surface area contributed by atoms with Crippen molar-refractivity contribution < 1.29 is 14.1 Å². The summed E-state index contributed by atoms with van der Waals surface area (Å²) in [6.07, 6.45) is 0. The van der Waals surface area contributed by atoms with E-state index in [0.717, 1.165) is 0 Å². The van der Waals surface area contributed by atoms with Crippen LogP contribution in [0.2, 0.25) is 0 Å². The summed E-state index contributed by atoms with van der Waals surface area (Å²) in [5.41, 5.74) is 0. The largest absolute Gasteiger partial charge is 0.347 e. The normalized spacial score (nSPS) is 20.8. The fourth-order valence-electron chi connectivity index (χ4n) is 0.243. The van der Waals surface area contributed by atoms with Crippen LogP contribution in [-0.2, 0) is 27.9 Å². The SMILES string of the molecule is CC(C)(C)P(O)(=S)O[PH](O)=S. The molecule has 0 bridgehead atoms. The van der Waals surface area contributed by atoms with Crippen LogP contribution < -0.4 is 0 Å². The van der Waals surface area contributed by atoms with Crippen molar-refractivity contribution in [2.24, 2.45) is 0 Å². The van der Waals surface area contributed by atoms with Gasteiger partial charge in [-0.3, -0.25) is 4.31 Å². The molecule has 0 amide bonds. The third-order valence-corrected chi connectivity index (χ3v) is 7.34. The minimum Gasteiger partial charge on any atom is -0.347 e. The van der Waals surface area contributed by atoms with Crippen LogP contribution >= 0.6 is 13.6 Å². The molecule has 0 aromatic heterocycles. The van der Waals surface area contributed by atoms with Gasteiger partial charge in [-0.2, -0.15) is 0 Å². The van der Waals surface area contributed by atoms with Crippen molar-refractivity contribution in [1.29, 1.82) is 0 Å². The van der Waals surface area contributed by atoms with E-state index in [9.17, 15) is 4.89 Å². The second-order valence-corrected chi connectivity index (χ2v) is 9.23. The topological polar surface area (TPSA) is 49.7 Å². The molecule has 0 aliphatic rings. The molecule has 0 aliphatic heterocycles. The quantitative estimate of drug-likeness (QED) is 0.711. The summed E-state index contributed by atoms with van der Waals surface area (Å²) < 4.78 is 4.76. The average molecular weight is 234 g/mol. The maximum absolute atomic E-state index is 9.52. The third kappa shape index (κ3) is 4.09. The molecular weight excluding hydrogens is 222 g/mol. The second kappa shape index (κ2) is 3.93. The minimum atomic E-state index is -2.91. The zero-order valence-electron chi connectivity index (χ0n) is 6.57. The molecule has 11 heavy (non-hydrogen) atoms. The minimum absolute atomic E-state index is 0.514. The molecule has 0 heterocycles. The van der Waals surface area contributed by atoms with Crippen LogP contribution in [0.15, 0.2) is 0 Å². The maximum atomic E-state index is 9.52. The number of rotatable bonds is 2. The Kier molecular flexibility index (Phi) is 4.35. The predicted octanol–water partition coefficient (Wildman–Crippen LogP) is 1.60. The average Bonchev–Trinajstić information content (AvgIpc) is 1.56. The monoisotopic (exact) mass is 234 g/mol. The Bertz CT molecular complexity index is 210. The molecule has 0 aliphatic carbocycles. The molecule has 0 saturated heterocycles. The first kappa shape index (κ1) is 12.2. The summed E-state index contributed by atoms with van der Waals surface area (Å²) in [6.45, 7) is 2.37. The van der Waals surface area contributed by atoms with Gasteiger partial charge in [-0.25, -0.2) is 0 Å². The van der Waals surface area contributed by atoms with E-state index in [1.165, 1.54) is 0 Å². The zero-order valence-corrected chi connectivity index (χ0v) is 10.1. The third-order valence-electron chi connectivity index (χ3n) is 1.05. The first-order chi connectivity index (χ1) is 4.67. The first-order valence-corrected chi connectivity index (χ1v) is 8.08. The summed E-state index contributed by atoms with van der Waals surface area (Å²) in [7, 11) is -2.30. The Hall–Kier alpha value is 1.18. The number of hydrogen-bond acceptors (Lipinski definition) is 3. The van der Waals surface area contributed by atoms with E-state index in [4.69, 9.17) is 21.0 Å². The highest BCUT2D eigenvalue weighted by molar-refractivity contribution is 8.13. The Labute approximate surface area is 77.5 Å². The molecule has 3 nitrogen and oxygen atoms in total. The highest BCUT2D eigenvalue weighted by atomic mass is 32.5. The van der Waals surface area contributed by atoms with Gasteiger partial charge >= 0.3 is 0 Å². The highest BCUT2D eigenvalue weighted by Crippen LogP contribution is 2.59. The maximum Gasteiger partial charge on any atom is 0.197 e. The van der Waals surface area contributed by atoms with Gasteiger partial charge in [0.1, 0.15) is 0 Å². The lowest BCUT2D eigenvalue weighted by molar-refractivity contribution is 0.441. The fourth-order valence-corrected chi connectivity index (χ4v) is 4.22. The molecule has 0 fully saturated rings. The summed E-state index contributed by atoms with van der Waals surface area (Å²) >= 11 is 9.23. The van der Waals surface area contributed by atoms with Crippen molar-refractivity contribution in [1.82, 2.24) is 0 Å². The van der Waals surface area contributed by atoms with Crippen molar-refractivity contribution in [2.45, 2.75) is 25.9 Å². The molecular formula is C4H12O3P2S2. The lowest BCUT2D eigenvalue weighted by atomic mass is 10.3.